The first-order valence-corrected chi connectivity index (χ1v) is 6.33. The molecule has 0 amide bonds. The van der Waals surface area contributed by atoms with E-state index in [-0.39, 0.29) is 6.61 Å². The second kappa shape index (κ2) is 5.40. The van der Waals surface area contributed by atoms with Crippen LogP contribution in [0.15, 0.2) is 18.2 Å². The molecule has 4 nitrogen and oxygen atoms in total. The lowest BCUT2D eigenvalue weighted by Crippen LogP contribution is -2.26. The zero-order chi connectivity index (χ0) is 13.1. The van der Waals surface area contributed by atoms with Gasteiger partial charge in [-0.1, -0.05) is 6.42 Å². The maximum atomic E-state index is 10.9. The van der Waals surface area contributed by atoms with Crippen molar-refractivity contribution in [1.29, 1.82) is 0 Å². The molecule has 98 valence electrons. The van der Waals surface area contributed by atoms with Gasteiger partial charge in [0.25, 0.3) is 0 Å². The molecule has 18 heavy (non-hydrogen) atoms. The number of carboxylic acids is 1. The molecule has 1 fully saturated rings. The van der Waals surface area contributed by atoms with Crippen molar-refractivity contribution >= 4 is 11.7 Å². The van der Waals surface area contributed by atoms with Crippen LogP contribution in [0.25, 0.3) is 0 Å². The SMILES string of the molecule is Cc1cc(C(=O)O)ccc1NC1CCCC1CO. The predicted octanol–water partition coefficient (Wildman–Crippen LogP) is 2.27. The van der Waals surface area contributed by atoms with Gasteiger partial charge in [-0.05, 0) is 43.5 Å². The molecule has 2 atom stereocenters. The van der Waals surface area contributed by atoms with Crippen molar-refractivity contribution in [2.75, 3.05) is 11.9 Å². The Morgan fingerprint density at radius 1 is 1.44 bits per heavy atom. The molecule has 2 unspecified atom stereocenters. The minimum Gasteiger partial charge on any atom is -0.478 e. The van der Waals surface area contributed by atoms with Crippen LogP contribution in [-0.4, -0.2) is 28.8 Å². The molecular formula is C14H19NO3. The first-order valence-electron chi connectivity index (χ1n) is 6.33. The number of hydrogen-bond donors (Lipinski definition) is 3. The van der Waals surface area contributed by atoms with Crippen LogP contribution in [-0.2, 0) is 0 Å². The third-order valence-electron chi connectivity index (χ3n) is 3.71. The summed E-state index contributed by atoms with van der Waals surface area (Å²) < 4.78 is 0. The Bertz CT molecular complexity index is 445. The van der Waals surface area contributed by atoms with E-state index in [0.29, 0.717) is 17.5 Å². The van der Waals surface area contributed by atoms with Crippen molar-refractivity contribution in [3.63, 3.8) is 0 Å². The molecule has 0 aliphatic heterocycles. The molecule has 0 aromatic heterocycles. The maximum Gasteiger partial charge on any atom is 0.335 e. The Kier molecular flexibility index (Phi) is 3.87. The number of aromatic carboxylic acids is 1. The highest BCUT2D eigenvalue weighted by atomic mass is 16.4. The highest BCUT2D eigenvalue weighted by Crippen LogP contribution is 2.29. The van der Waals surface area contributed by atoms with Crippen molar-refractivity contribution in [1.82, 2.24) is 0 Å². The van der Waals surface area contributed by atoms with Crippen molar-refractivity contribution in [3.8, 4) is 0 Å². The first kappa shape index (κ1) is 12.9. The average Bonchev–Trinajstić information content (AvgIpc) is 2.78. The van der Waals surface area contributed by atoms with E-state index in [0.717, 1.165) is 30.5 Å². The fourth-order valence-electron chi connectivity index (χ4n) is 2.60. The van der Waals surface area contributed by atoms with Crippen LogP contribution in [0, 0.1) is 12.8 Å². The number of hydrogen-bond acceptors (Lipinski definition) is 3. The Balaban J connectivity index is 2.12. The number of aliphatic hydroxyl groups is 1. The summed E-state index contributed by atoms with van der Waals surface area (Å²) in [4.78, 5) is 10.9. The van der Waals surface area contributed by atoms with Crippen LogP contribution >= 0.6 is 0 Å². The Hall–Kier alpha value is -1.55. The van der Waals surface area contributed by atoms with Crippen LogP contribution in [0.4, 0.5) is 5.69 Å². The molecule has 4 heteroatoms. The van der Waals surface area contributed by atoms with Gasteiger partial charge in [0.2, 0.25) is 0 Å². The summed E-state index contributed by atoms with van der Waals surface area (Å²) >= 11 is 0. The van der Waals surface area contributed by atoms with E-state index in [1.807, 2.05) is 13.0 Å². The zero-order valence-corrected chi connectivity index (χ0v) is 10.5. The van der Waals surface area contributed by atoms with Gasteiger partial charge in [0.15, 0.2) is 0 Å². The van der Waals surface area contributed by atoms with Gasteiger partial charge in [0.1, 0.15) is 0 Å². The van der Waals surface area contributed by atoms with Gasteiger partial charge < -0.3 is 15.5 Å². The molecule has 0 bridgehead atoms. The van der Waals surface area contributed by atoms with Crippen molar-refractivity contribution < 1.29 is 15.0 Å². The third kappa shape index (κ3) is 2.64. The third-order valence-corrected chi connectivity index (χ3v) is 3.71. The number of carboxylic acid groups (broad SMARTS) is 1. The second-order valence-electron chi connectivity index (χ2n) is 4.96. The van der Waals surface area contributed by atoms with Crippen LogP contribution in [0.5, 0.6) is 0 Å². The van der Waals surface area contributed by atoms with Crippen LogP contribution in [0.2, 0.25) is 0 Å². The molecule has 1 aliphatic carbocycles. The molecule has 1 aliphatic rings. The quantitative estimate of drug-likeness (QED) is 0.765. The fourth-order valence-corrected chi connectivity index (χ4v) is 2.60. The van der Waals surface area contributed by atoms with Crippen LogP contribution < -0.4 is 5.32 Å². The van der Waals surface area contributed by atoms with E-state index >= 15 is 0 Å². The van der Waals surface area contributed by atoms with E-state index in [9.17, 15) is 9.90 Å². The van der Waals surface area contributed by atoms with Crippen molar-refractivity contribution in [2.45, 2.75) is 32.2 Å². The number of nitrogens with one attached hydrogen (secondary N) is 1. The van der Waals surface area contributed by atoms with Crippen LogP contribution in [0.1, 0.15) is 35.2 Å². The van der Waals surface area contributed by atoms with E-state index in [4.69, 9.17) is 5.11 Å². The lowest BCUT2D eigenvalue weighted by molar-refractivity contribution is 0.0697. The molecule has 1 aromatic rings. The number of aliphatic hydroxyl groups excluding tert-OH is 1. The van der Waals surface area contributed by atoms with E-state index in [1.165, 1.54) is 0 Å². The molecule has 3 N–H and O–H groups in total. The topological polar surface area (TPSA) is 69.6 Å². The summed E-state index contributed by atoms with van der Waals surface area (Å²) in [6, 6.07) is 5.39. The average molecular weight is 249 g/mol. The van der Waals surface area contributed by atoms with E-state index in [2.05, 4.69) is 5.32 Å². The van der Waals surface area contributed by atoms with Gasteiger partial charge >= 0.3 is 5.97 Å². The Labute approximate surface area is 107 Å². The summed E-state index contributed by atoms with van der Waals surface area (Å²) in [6.45, 7) is 2.11. The molecule has 1 aromatic carbocycles. The van der Waals surface area contributed by atoms with Gasteiger partial charge in [-0.2, -0.15) is 0 Å². The molecular weight excluding hydrogens is 230 g/mol. The number of aryl methyl sites for hydroxylation is 1. The smallest absolute Gasteiger partial charge is 0.335 e. The van der Waals surface area contributed by atoms with Crippen molar-refractivity contribution in [2.24, 2.45) is 5.92 Å². The van der Waals surface area contributed by atoms with Gasteiger partial charge in [0, 0.05) is 24.3 Å². The lowest BCUT2D eigenvalue weighted by Gasteiger charge is -2.21. The summed E-state index contributed by atoms with van der Waals surface area (Å²) in [5.74, 6) is -0.595. The summed E-state index contributed by atoms with van der Waals surface area (Å²) in [5, 5.41) is 21.6. The van der Waals surface area contributed by atoms with Crippen molar-refractivity contribution in [3.05, 3.63) is 29.3 Å². The fraction of sp³-hybridized carbons (Fsp3) is 0.500. The predicted molar refractivity (Wildman–Crippen MR) is 70.0 cm³/mol. The monoisotopic (exact) mass is 249 g/mol. The summed E-state index contributed by atoms with van der Waals surface area (Å²) in [7, 11) is 0. The molecule has 0 radical (unpaired) electrons. The lowest BCUT2D eigenvalue weighted by atomic mass is 10.0. The Morgan fingerprint density at radius 3 is 2.83 bits per heavy atom. The summed E-state index contributed by atoms with van der Waals surface area (Å²) in [6.07, 6.45) is 3.25. The van der Waals surface area contributed by atoms with Gasteiger partial charge in [-0.25, -0.2) is 4.79 Å². The Morgan fingerprint density at radius 2 is 2.22 bits per heavy atom. The maximum absolute atomic E-state index is 10.9. The molecule has 0 spiro atoms. The second-order valence-corrected chi connectivity index (χ2v) is 4.96. The van der Waals surface area contributed by atoms with Gasteiger partial charge in [0.05, 0.1) is 5.56 Å². The normalized spacial score (nSPS) is 23.0. The van der Waals surface area contributed by atoms with E-state index < -0.39 is 5.97 Å². The molecule has 0 saturated heterocycles. The number of benzene rings is 1. The number of rotatable bonds is 4. The van der Waals surface area contributed by atoms with E-state index in [1.54, 1.807) is 12.1 Å². The molecule has 1 saturated carbocycles. The minimum atomic E-state index is -0.904. The van der Waals surface area contributed by atoms with Crippen LogP contribution in [0.3, 0.4) is 0 Å². The largest absolute Gasteiger partial charge is 0.478 e. The summed E-state index contributed by atoms with van der Waals surface area (Å²) in [5.41, 5.74) is 2.20. The molecule has 2 rings (SSSR count). The first-order chi connectivity index (χ1) is 8.61. The number of anilines is 1. The number of carbonyl (C=O) groups is 1. The molecule has 0 heterocycles. The highest BCUT2D eigenvalue weighted by Gasteiger charge is 2.26. The van der Waals surface area contributed by atoms with Gasteiger partial charge in [-0.15, -0.1) is 0 Å². The zero-order valence-electron chi connectivity index (χ0n) is 10.5. The van der Waals surface area contributed by atoms with Gasteiger partial charge in [-0.3, -0.25) is 0 Å². The minimum absolute atomic E-state index is 0.212. The standard InChI is InChI=1S/C14H19NO3/c1-9-7-10(14(17)18)5-6-12(9)15-13-4-2-3-11(13)8-16/h5-7,11,13,15-16H,2-4,8H2,1H3,(H,17,18). The highest BCUT2D eigenvalue weighted by molar-refractivity contribution is 5.88.